The SMILES string of the molecule is CC(C)CNCC(C1CCCC1)C(C)(C)C. The summed E-state index contributed by atoms with van der Waals surface area (Å²) in [7, 11) is 0. The van der Waals surface area contributed by atoms with Gasteiger partial charge in [0, 0.05) is 0 Å². The number of rotatable bonds is 5. The Labute approximate surface area is 102 Å². The maximum absolute atomic E-state index is 3.67. The third-order valence-corrected chi connectivity index (χ3v) is 4.00. The summed E-state index contributed by atoms with van der Waals surface area (Å²) in [6.45, 7) is 14.2. The molecule has 0 spiro atoms. The van der Waals surface area contributed by atoms with Crippen LogP contribution in [0.1, 0.15) is 60.3 Å². The zero-order chi connectivity index (χ0) is 12.2. The number of hydrogen-bond acceptors (Lipinski definition) is 1. The van der Waals surface area contributed by atoms with E-state index in [-0.39, 0.29) is 0 Å². The molecule has 1 unspecified atom stereocenters. The second-order valence-electron chi connectivity index (χ2n) is 7.07. The molecule has 16 heavy (non-hydrogen) atoms. The first-order chi connectivity index (χ1) is 7.41. The fourth-order valence-electron chi connectivity index (χ4n) is 3.07. The van der Waals surface area contributed by atoms with Crippen molar-refractivity contribution in [3.63, 3.8) is 0 Å². The average molecular weight is 225 g/mol. The van der Waals surface area contributed by atoms with Crippen LogP contribution in [-0.4, -0.2) is 13.1 Å². The molecule has 0 aromatic heterocycles. The normalized spacial score (nSPS) is 20.6. The minimum Gasteiger partial charge on any atom is -0.316 e. The average Bonchev–Trinajstić information content (AvgIpc) is 2.62. The molecule has 1 atom stereocenters. The quantitative estimate of drug-likeness (QED) is 0.743. The summed E-state index contributed by atoms with van der Waals surface area (Å²) in [6.07, 6.45) is 5.85. The topological polar surface area (TPSA) is 12.0 Å². The van der Waals surface area contributed by atoms with E-state index < -0.39 is 0 Å². The van der Waals surface area contributed by atoms with E-state index in [1.807, 2.05) is 0 Å². The molecular formula is C15H31N. The first kappa shape index (κ1) is 14.0. The molecule has 0 aromatic rings. The van der Waals surface area contributed by atoms with Gasteiger partial charge in [-0.25, -0.2) is 0 Å². The van der Waals surface area contributed by atoms with Gasteiger partial charge in [0.15, 0.2) is 0 Å². The summed E-state index contributed by atoms with van der Waals surface area (Å²) in [5.74, 6) is 2.60. The third kappa shape index (κ3) is 4.45. The molecule has 1 rings (SSSR count). The largest absolute Gasteiger partial charge is 0.316 e. The van der Waals surface area contributed by atoms with Crippen molar-refractivity contribution in [2.45, 2.75) is 60.3 Å². The molecule has 0 radical (unpaired) electrons. The van der Waals surface area contributed by atoms with Crippen molar-refractivity contribution in [2.24, 2.45) is 23.2 Å². The molecular weight excluding hydrogens is 194 g/mol. The summed E-state index contributed by atoms with van der Waals surface area (Å²) in [5.41, 5.74) is 0.457. The molecule has 0 aromatic carbocycles. The Bertz CT molecular complexity index is 184. The van der Waals surface area contributed by atoms with Crippen molar-refractivity contribution in [2.75, 3.05) is 13.1 Å². The lowest BCUT2D eigenvalue weighted by Gasteiger charge is -2.36. The van der Waals surface area contributed by atoms with Gasteiger partial charge in [-0.05, 0) is 36.3 Å². The fraction of sp³-hybridized carbons (Fsp3) is 1.00. The van der Waals surface area contributed by atoms with Crippen LogP contribution in [-0.2, 0) is 0 Å². The van der Waals surface area contributed by atoms with Crippen LogP contribution < -0.4 is 5.32 Å². The second kappa shape index (κ2) is 6.05. The molecule has 0 amide bonds. The Hall–Kier alpha value is -0.0400. The Morgan fingerprint density at radius 1 is 1.06 bits per heavy atom. The highest BCUT2D eigenvalue weighted by Crippen LogP contribution is 2.40. The number of nitrogens with one attached hydrogen (secondary N) is 1. The van der Waals surface area contributed by atoms with Gasteiger partial charge < -0.3 is 5.32 Å². The van der Waals surface area contributed by atoms with Gasteiger partial charge in [-0.1, -0.05) is 60.3 Å². The Balaban J connectivity index is 2.44. The monoisotopic (exact) mass is 225 g/mol. The minimum atomic E-state index is 0.457. The van der Waals surface area contributed by atoms with Gasteiger partial charge in [0.2, 0.25) is 0 Å². The first-order valence-corrected chi connectivity index (χ1v) is 7.12. The molecule has 1 aliphatic rings. The van der Waals surface area contributed by atoms with Crippen molar-refractivity contribution < 1.29 is 0 Å². The van der Waals surface area contributed by atoms with E-state index in [0.29, 0.717) is 5.41 Å². The first-order valence-electron chi connectivity index (χ1n) is 7.12. The van der Waals surface area contributed by atoms with Gasteiger partial charge >= 0.3 is 0 Å². The van der Waals surface area contributed by atoms with Gasteiger partial charge in [0.1, 0.15) is 0 Å². The molecule has 1 saturated carbocycles. The van der Waals surface area contributed by atoms with Crippen molar-refractivity contribution >= 4 is 0 Å². The van der Waals surface area contributed by atoms with Gasteiger partial charge in [0.05, 0.1) is 0 Å². The van der Waals surface area contributed by atoms with E-state index in [9.17, 15) is 0 Å². The fourth-order valence-corrected chi connectivity index (χ4v) is 3.07. The lowest BCUT2D eigenvalue weighted by Crippen LogP contribution is -2.37. The van der Waals surface area contributed by atoms with E-state index in [4.69, 9.17) is 0 Å². The highest BCUT2D eigenvalue weighted by molar-refractivity contribution is 4.85. The van der Waals surface area contributed by atoms with Crippen molar-refractivity contribution in [1.29, 1.82) is 0 Å². The van der Waals surface area contributed by atoms with Gasteiger partial charge in [-0.15, -0.1) is 0 Å². The van der Waals surface area contributed by atoms with Crippen LogP contribution in [0, 0.1) is 23.2 Å². The standard InChI is InChI=1S/C15H31N/c1-12(2)10-16-11-14(15(3,4)5)13-8-6-7-9-13/h12-14,16H,6-11H2,1-5H3. The molecule has 0 saturated heterocycles. The molecule has 1 heteroatoms. The van der Waals surface area contributed by atoms with E-state index >= 15 is 0 Å². The zero-order valence-electron chi connectivity index (χ0n) is 12.0. The zero-order valence-corrected chi connectivity index (χ0v) is 12.0. The summed E-state index contributed by atoms with van der Waals surface area (Å²) in [5, 5.41) is 3.67. The summed E-state index contributed by atoms with van der Waals surface area (Å²) < 4.78 is 0. The predicted octanol–water partition coefficient (Wildman–Crippen LogP) is 4.08. The van der Waals surface area contributed by atoms with Crippen molar-refractivity contribution in [1.82, 2.24) is 5.32 Å². The van der Waals surface area contributed by atoms with E-state index in [1.165, 1.54) is 38.8 Å². The molecule has 0 bridgehead atoms. The van der Waals surface area contributed by atoms with E-state index in [1.54, 1.807) is 0 Å². The lowest BCUT2D eigenvalue weighted by atomic mass is 9.72. The van der Waals surface area contributed by atoms with Crippen LogP contribution in [0.2, 0.25) is 0 Å². The molecule has 0 heterocycles. The second-order valence-corrected chi connectivity index (χ2v) is 7.07. The Morgan fingerprint density at radius 2 is 1.62 bits per heavy atom. The molecule has 96 valence electrons. The maximum Gasteiger partial charge on any atom is -0.00127 e. The minimum absolute atomic E-state index is 0.457. The summed E-state index contributed by atoms with van der Waals surface area (Å²) >= 11 is 0. The lowest BCUT2D eigenvalue weighted by molar-refractivity contribution is 0.154. The van der Waals surface area contributed by atoms with Crippen LogP contribution in [0.5, 0.6) is 0 Å². The van der Waals surface area contributed by atoms with Crippen LogP contribution in [0.3, 0.4) is 0 Å². The van der Waals surface area contributed by atoms with Gasteiger partial charge in [-0.3, -0.25) is 0 Å². The highest BCUT2D eigenvalue weighted by Gasteiger charge is 2.33. The van der Waals surface area contributed by atoms with Crippen LogP contribution >= 0.6 is 0 Å². The molecule has 1 N–H and O–H groups in total. The third-order valence-electron chi connectivity index (χ3n) is 4.00. The Morgan fingerprint density at radius 3 is 2.06 bits per heavy atom. The summed E-state index contributed by atoms with van der Waals surface area (Å²) in [6, 6.07) is 0. The van der Waals surface area contributed by atoms with Crippen molar-refractivity contribution in [3.8, 4) is 0 Å². The smallest absolute Gasteiger partial charge is 0.00127 e. The van der Waals surface area contributed by atoms with Crippen LogP contribution in [0.25, 0.3) is 0 Å². The van der Waals surface area contributed by atoms with E-state index in [2.05, 4.69) is 39.9 Å². The van der Waals surface area contributed by atoms with Gasteiger partial charge in [0.25, 0.3) is 0 Å². The molecule has 0 aliphatic heterocycles. The maximum atomic E-state index is 3.67. The van der Waals surface area contributed by atoms with Gasteiger partial charge in [-0.2, -0.15) is 0 Å². The molecule has 1 aliphatic carbocycles. The predicted molar refractivity (Wildman–Crippen MR) is 72.6 cm³/mol. The molecule has 1 nitrogen and oxygen atoms in total. The Kier molecular flexibility index (Phi) is 5.30. The summed E-state index contributed by atoms with van der Waals surface area (Å²) in [4.78, 5) is 0. The van der Waals surface area contributed by atoms with Crippen molar-refractivity contribution in [3.05, 3.63) is 0 Å². The van der Waals surface area contributed by atoms with Crippen LogP contribution in [0.4, 0.5) is 0 Å². The molecule has 1 fully saturated rings. The van der Waals surface area contributed by atoms with E-state index in [0.717, 1.165) is 17.8 Å². The highest BCUT2D eigenvalue weighted by atomic mass is 14.9. The number of hydrogen-bond donors (Lipinski definition) is 1. The van der Waals surface area contributed by atoms with Crippen LogP contribution in [0.15, 0.2) is 0 Å².